The number of rotatable bonds is 2. The lowest BCUT2D eigenvalue weighted by molar-refractivity contribution is 0.646. The van der Waals surface area contributed by atoms with Crippen molar-refractivity contribution < 1.29 is 0 Å². The van der Waals surface area contributed by atoms with Gasteiger partial charge >= 0.3 is 0 Å². The van der Waals surface area contributed by atoms with Crippen LogP contribution >= 0.6 is 0 Å². The third-order valence-electron chi connectivity index (χ3n) is 2.90. The summed E-state index contributed by atoms with van der Waals surface area (Å²) in [5, 5.41) is 0. The predicted octanol–water partition coefficient (Wildman–Crippen LogP) is 1.73. The summed E-state index contributed by atoms with van der Waals surface area (Å²) in [4.78, 5) is 8.81. The van der Waals surface area contributed by atoms with Gasteiger partial charge in [-0.25, -0.2) is 9.97 Å². The molecule has 1 saturated carbocycles. The summed E-state index contributed by atoms with van der Waals surface area (Å²) in [5.74, 6) is 1.38. The summed E-state index contributed by atoms with van der Waals surface area (Å²) in [6.07, 6.45) is 2.62. The minimum Gasteiger partial charge on any atom is -0.369 e. The minimum atomic E-state index is 0.593. The normalized spacial score (nSPS) is 16.1. The van der Waals surface area contributed by atoms with Gasteiger partial charge in [0.25, 0.3) is 0 Å². The molecule has 1 fully saturated rings. The SMILES string of the molecule is Cc1ccc2nc(N)n(CC3CC3)c2n1. The number of nitrogens with two attached hydrogens (primary N) is 1. The number of nitrogen functional groups attached to an aromatic ring is 1. The zero-order chi connectivity index (χ0) is 10.4. The van der Waals surface area contributed by atoms with E-state index in [4.69, 9.17) is 5.73 Å². The van der Waals surface area contributed by atoms with Gasteiger partial charge in [-0.1, -0.05) is 0 Å². The quantitative estimate of drug-likeness (QED) is 0.806. The molecule has 0 radical (unpaired) electrons. The van der Waals surface area contributed by atoms with Crippen LogP contribution in [0.5, 0.6) is 0 Å². The van der Waals surface area contributed by atoms with Gasteiger partial charge in [0.15, 0.2) is 5.65 Å². The van der Waals surface area contributed by atoms with E-state index in [9.17, 15) is 0 Å². The van der Waals surface area contributed by atoms with Crippen molar-refractivity contribution in [2.24, 2.45) is 5.92 Å². The van der Waals surface area contributed by atoms with E-state index in [2.05, 4.69) is 9.97 Å². The van der Waals surface area contributed by atoms with E-state index in [1.807, 2.05) is 23.6 Å². The van der Waals surface area contributed by atoms with Crippen LogP contribution < -0.4 is 5.73 Å². The van der Waals surface area contributed by atoms with Gasteiger partial charge in [0.1, 0.15) is 5.52 Å². The van der Waals surface area contributed by atoms with E-state index >= 15 is 0 Å². The molecule has 1 aliphatic rings. The highest BCUT2D eigenvalue weighted by molar-refractivity contribution is 5.74. The maximum Gasteiger partial charge on any atom is 0.202 e. The first kappa shape index (κ1) is 8.71. The average molecular weight is 202 g/mol. The number of hydrogen-bond donors (Lipinski definition) is 1. The van der Waals surface area contributed by atoms with Crippen LogP contribution in [0.3, 0.4) is 0 Å². The molecule has 0 saturated heterocycles. The van der Waals surface area contributed by atoms with Gasteiger partial charge in [0.2, 0.25) is 5.95 Å². The second-order valence-corrected chi connectivity index (χ2v) is 4.32. The summed E-state index contributed by atoms with van der Waals surface area (Å²) in [6, 6.07) is 3.95. The Hall–Kier alpha value is -1.58. The van der Waals surface area contributed by atoms with Crippen molar-refractivity contribution in [3.05, 3.63) is 17.8 Å². The Morgan fingerprint density at radius 3 is 2.93 bits per heavy atom. The molecule has 0 aliphatic heterocycles. The van der Waals surface area contributed by atoms with Crippen molar-refractivity contribution in [2.45, 2.75) is 26.3 Å². The fourth-order valence-corrected chi connectivity index (χ4v) is 1.85. The van der Waals surface area contributed by atoms with Gasteiger partial charge in [0, 0.05) is 12.2 Å². The van der Waals surface area contributed by atoms with E-state index in [1.54, 1.807) is 0 Å². The van der Waals surface area contributed by atoms with E-state index in [1.165, 1.54) is 12.8 Å². The third-order valence-corrected chi connectivity index (χ3v) is 2.90. The molecule has 78 valence electrons. The van der Waals surface area contributed by atoms with Gasteiger partial charge < -0.3 is 5.73 Å². The smallest absolute Gasteiger partial charge is 0.202 e. The van der Waals surface area contributed by atoms with Crippen LogP contribution in [0.25, 0.3) is 11.2 Å². The Bertz CT molecular complexity index is 511. The van der Waals surface area contributed by atoms with Crippen molar-refractivity contribution in [3.8, 4) is 0 Å². The Morgan fingerprint density at radius 2 is 2.20 bits per heavy atom. The fourth-order valence-electron chi connectivity index (χ4n) is 1.85. The molecule has 2 aromatic heterocycles. The third kappa shape index (κ3) is 1.46. The van der Waals surface area contributed by atoms with Gasteiger partial charge in [-0.2, -0.15) is 0 Å². The molecule has 4 heteroatoms. The van der Waals surface area contributed by atoms with Crippen molar-refractivity contribution in [3.63, 3.8) is 0 Å². The summed E-state index contributed by atoms with van der Waals surface area (Å²) >= 11 is 0. The number of fused-ring (bicyclic) bond motifs is 1. The van der Waals surface area contributed by atoms with Crippen molar-refractivity contribution >= 4 is 17.1 Å². The molecule has 1 aliphatic carbocycles. The summed E-state index contributed by atoms with van der Waals surface area (Å²) in [7, 11) is 0. The molecule has 0 atom stereocenters. The van der Waals surface area contributed by atoms with Crippen LogP contribution in [0.4, 0.5) is 5.95 Å². The molecular weight excluding hydrogens is 188 g/mol. The zero-order valence-electron chi connectivity index (χ0n) is 8.77. The summed E-state index contributed by atoms with van der Waals surface area (Å²) in [6.45, 7) is 2.96. The topological polar surface area (TPSA) is 56.7 Å². The largest absolute Gasteiger partial charge is 0.369 e. The molecule has 15 heavy (non-hydrogen) atoms. The fraction of sp³-hybridized carbons (Fsp3) is 0.455. The Balaban J connectivity index is 2.15. The number of pyridine rings is 1. The number of nitrogens with zero attached hydrogens (tertiary/aromatic N) is 3. The Kier molecular flexibility index (Phi) is 1.71. The molecule has 2 aromatic rings. The summed E-state index contributed by atoms with van der Waals surface area (Å²) in [5.41, 5.74) is 8.74. The highest BCUT2D eigenvalue weighted by Crippen LogP contribution is 2.32. The molecule has 0 bridgehead atoms. The van der Waals surface area contributed by atoms with E-state index in [0.29, 0.717) is 5.95 Å². The first-order valence-electron chi connectivity index (χ1n) is 5.33. The lowest BCUT2D eigenvalue weighted by Gasteiger charge is -2.03. The number of imidazole rings is 1. The minimum absolute atomic E-state index is 0.593. The Morgan fingerprint density at radius 1 is 1.40 bits per heavy atom. The van der Waals surface area contributed by atoms with Gasteiger partial charge in [0.05, 0.1) is 0 Å². The second-order valence-electron chi connectivity index (χ2n) is 4.32. The molecule has 3 rings (SSSR count). The van der Waals surface area contributed by atoms with Gasteiger partial charge in [-0.15, -0.1) is 0 Å². The molecule has 0 unspecified atom stereocenters. The number of anilines is 1. The van der Waals surface area contributed by atoms with Gasteiger partial charge in [-0.05, 0) is 37.8 Å². The highest BCUT2D eigenvalue weighted by Gasteiger charge is 2.24. The molecule has 0 aromatic carbocycles. The lowest BCUT2D eigenvalue weighted by Crippen LogP contribution is -2.05. The second kappa shape index (κ2) is 2.95. The van der Waals surface area contributed by atoms with Crippen molar-refractivity contribution in [2.75, 3.05) is 5.73 Å². The molecule has 0 spiro atoms. The van der Waals surface area contributed by atoms with E-state index in [-0.39, 0.29) is 0 Å². The molecule has 0 amide bonds. The maximum absolute atomic E-state index is 5.89. The van der Waals surface area contributed by atoms with Gasteiger partial charge in [-0.3, -0.25) is 4.57 Å². The standard InChI is InChI=1S/C11H14N4/c1-7-2-5-9-10(13-7)15(11(12)14-9)6-8-3-4-8/h2,5,8H,3-4,6H2,1H3,(H2,12,14). The van der Waals surface area contributed by atoms with Crippen LogP contribution in [-0.2, 0) is 6.54 Å². The predicted molar refractivity (Wildman–Crippen MR) is 59.4 cm³/mol. The van der Waals surface area contributed by atoms with Crippen LogP contribution in [0, 0.1) is 12.8 Å². The number of hydrogen-bond acceptors (Lipinski definition) is 3. The van der Waals surface area contributed by atoms with Crippen LogP contribution in [0.1, 0.15) is 18.5 Å². The monoisotopic (exact) mass is 202 g/mol. The van der Waals surface area contributed by atoms with Crippen molar-refractivity contribution in [1.29, 1.82) is 0 Å². The lowest BCUT2D eigenvalue weighted by atomic mass is 10.3. The van der Waals surface area contributed by atoms with Crippen LogP contribution in [0.2, 0.25) is 0 Å². The van der Waals surface area contributed by atoms with Crippen LogP contribution in [-0.4, -0.2) is 14.5 Å². The summed E-state index contributed by atoms with van der Waals surface area (Å²) < 4.78 is 2.04. The first-order valence-corrected chi connectivity index (χ1v) is 5.33. The first-order chi connectivity index (χ1) is 7.24. The highest BCUT2D eigenvalue weighted by atomic mass is 15.2. The number of aromatic nitrogens is 3. The maximum atomic E-state index is 5.89. The zero-order valence-corrected chi connectivity index (χ0v) is 8.77. The van der Waals surface area contributed by atoms with Crippen molar-refractivity contribution in [1.82, 2.24) is 14.5 Å². The van der Waals surface area contributed by atoms with E-state index in [0.717, 1.165) is 29.3 Å². The average Bonchev–Trinajstić information content (AvgIpc) is 2.96. The molecular formula is C11H14N4. The number of aryl methyl sites for hydroxylation is 1. The Labute approximate surface area is 88.1 Å². The molecule has 2 N–H and O–H groups in total. The molecule has 2 heterocycles. The molecule has 4 nitrogen and oxygen atoms in total. The van der Waals surface area contributed by atoms with Crippen LogP contribution in [0.15, 0.2) is 12.1 Å². The van der Waals surface area contributed by atoms with E-state index < -0.39 is 0 Å².